The van der Waals surface area contributed by atoms with Crippen LogP contribution in [0.15, 0.2) is 24.3 Å². The summed E-state index contributed by atoms with van der Waals surface area (Å²) >= 11 is 0. The molecule has 1 aliphatic rings. The molecule has 1 aliphatic heterocycles. The smallest absolute Gasteiger partial charge is 0.122 e. The van der Waals surface area contributed by atoms with Crippen molar-refractivity contribution in [1.29, 1.82) is 5.26 Å². The third-order valence-electron chi connectivity index (χ3n) is 4.02. The molecule has 3 heteroatoms. The Bertz CT molecular complexity index is 446. The number of likely N-dealkylation sites (tertiary alicyclic amines) is 1. The van der Waals surface area contributed by atoms with Crippen molar-refractivity contribution in [1.82, 2.24) is 4.90 Å². The van der Waals surface area contributed by atoms with Gasteiger partial charge in [0.15, 0.2) is 0 Å². The predicted molar refractivity (Wildman–Crippen MR) is 76.2 cm³/mol. The number of rotatable bonds is 4. The predicted octanol–water partition coefficient (Wildman–Crippen LogP) is 3.18. The summed E-state index contributed by atoms with van der Waals surface area (Å²) in [4.78, 5) is 2.32. The van der Waals surface area contributed by atoms with E-state index in [2.05, 4.69) is 24.0 Å². The lowest BCUT2D eigenvalue weighted by Crippen LogP contribution is -2.41. The highest BCUT2D eigenvalue weighted by molar-refractivity contribution is 5.37. The molecule has 2 atom stereocenters. The van der Waals surface area contributed by atoms with Crippen molar-refractivity contribution < 1.29 is 4.74 Å². The number of hydrogen-bond acceptors (Lipinski definition) is 3. The summed E-state index contributed by atoms with van der Waals surface area (Å²) in [6, 6.07) is 10.5. The fourth-order valence-corrected chi connectivity index (χ4v) is 2.92. The Morgan fingerprint density at radius 3 is 2.53 bits per heavy atom. The molecule has 1 fully saturated rings. The second-order valence-corrected chi connectivity index (χ2v) is 5.20. The van der Waals surface area contributed by atoms with Gasteiger partial charge in [-0.3, -0.25) is 4.90 Å². The van der Waals surface area contributed by atoms with Gasteiger partial charge in [-0.1, -0.05) is 31.5 Å². The van der Waals surface area contributed by atoms with E-state index in [4.69, 9.17) is 4.74 Å². The molecule has 2 rings (SSSR count). The van der Waals surface area contributed by atoms with E-state index in [0.29, 0.717) is 0 Å². The SMILES string of the molecule is COc1ccccc1C(C)C(C#N)N1CCCCC1. The number of hydrogen-bond donors (Lipinski definition) is 0. The molecule has 1 aromatic carbocycles. The second-order valence-electron chi connectivity index (χ2n) is 5.20. The summed E-state index contributed by atoms with van der Waals surface area (Å²) in [5.41, 5.74) is 1.13. The Morgan fingerprint density at radius 2 is 1.89 bits per heavy atom. The summed E-state index contributed by atoms with van der Waals surface area (Å²) in [6.45, 7) is 4.20. The van der Waals surface area contributed by atoms with Crippen LogP contribution < -0.4 is 4.74 Å². The molecule has 0 radical (unpaired) electrons. The fourth-order valence-electron chi connectivity index (χ4n) is 2.92. The van der Waals surface area contributed by atoms with Gasteiger partial charge in [-0.15, -0.1) is 0 Å². The number of nitriles is 1. The van der Waals surface area contributed by atoms with Crippen LogP contribution in [0.1, 0.15) is 37.7 Å². The quantitative estimate of drug-likeness (QED) is 0.832. The highest BCUT2D eigenvalue weighted by Gasteiger charge is 2.28. The van der Waals surface area contributed by atoms with Crippen LogP contribution in [0.5, 0.6) is 5.75 Å². The molecule has 0 aliphatic carbocycles. The lowest BCUT2D eigenvalue weighted by atomic mass is 9.91. The van der Waals surface area contributed by atoms with Crippen LogP contribution in [0.25, 0.3) is 0 Å². The van der Waals surface area contributed by atoms with E-state index in [0.717, 1.165) is 24.4 Å². The standard InChI is InChI=1S/C16H22N2O/c1-13(14-8-4-5-9-16(14)19-2)15(12-17)18-10-6-3-7-11-18/h4-5,8-9,13,15H,3,6-7,10-11H2,1-2H3. The maximum Gasteiger partial charge on any atom is 0.122 e. The van der Waals surface area contributed by atoms with Gasteiger partial charge in [0.05, 0.1) is 13.2 Å². The van der Waals surface area contributed by atoms with Crippen LogP contribution >= 0.6 is 0 Å². The lowest BCUT2D eigenvalue weighted by molar-refractivity contribution is 0.178. The largest absolute Gasteiger partial charge is 0.496 e. The van der Waals surface area contributed by atoms with E-state index in [1.165, 1.54) is 19.3 Å². The van der Waals surface area contributed by atoms with Crippen LogP contribution in [-0.2, 0) is 0 Å². The summed E-state index contributed by atoms with van der Waals surface area (Å²) in [5, 5.41) is 9.54. The Morgan fingerprint density at radius 1 is 1.21 bits per heavy atom. The van der Waals surface area contributed by atoms with Gasteiger partial charge < -0.3 is 4.74 Å². The van der Waals surface area contributed by atoms with Crippen molar-refractivity contribution in [2.24, 2.45) is 0 Å². The zero-order valence-electron chi connectivity index (χ0n) is 11.8. The van der Waals surface area contributed by atoms with Crippen LogP contribution in [0.2, 0.25) is 0 Å². The maximum absolute atomic E-state index is 9.54. The molecule has 3 nitrogen and oxygen atoms in total. The van der Waals surface area contributed by atoms with E-state index in [1.807, 2.05) is 18.2 Å². The lowest BCUT2D eigenvalue weighted by Gasteiger charge is -2.34. The minimum atomic E-state index is -0.0587. The normalized spacial score (nSPS) is 19.4. The summed E-state index contributed by atoms with van der Waals surface area (Å²) in [7, 11) is 1.69. The first-order chi connectivity index (χ1) is 9.27. The van der Waals surface area contributed by atoms with Crippen LogP contribution in [0.4, 0.5) is 0 Å². The molecule has 2 unspecified atom stereocenters. The fraction of sp³-hybridized carbons (Fsp3) is 0.562. The average Bonchev–Trinajstić information content (AvgIpc) is 2.49. The monoisotopic (exact) mass is 258 g/mol. The van der Waals surface area contributed by atoms with E-state index in [-0.39, 0.29) is 12.0 Å². The summed E-state index contributed by atoms with van der Waals surface area (Å²) in [6.07, 6.45) is 3.70. The zero-order valence-corrected chi connectivity index (χ0v) is 11.8. The number of nitrogens with zero attached hydrogens (tertiary/aromatic N) is 2. The minimum Gasteiger partial charge on any atom is -0.496 e. The molecule has 19 heavy (non-hydrogen) atoms. The topological polar surface area (TPSA) is 36.3 Å². The molecular formula is C16H22N2O. The Kier molecular flexibility index (Phi) is 4.81. The number of methoxy groups -OCH3 is 1. The average molecular weight is 258 g/mol. The molecule has 1 heterocycles. The number of para-hydroxylation sites is 1. The molecule has 0 bridgehead atoms. The van der Waals surface area contributed by atoms with Crippen molar-refractivity contribution in [2.45, 2.75) is 38.1 Å². The zero-order chi connectivity index (χ0) is 13.7. The molecular weight excluding hydrogens is 236 g/mol. The van der Waals surface area contributed by atoms with Crippen LogP contribution in [0.3, 0.4) is 0 Å². The van der Waals surface area contributed by atoms with E-state index >= 15 is 0 Å². The highest BCUT2D eigenvalue weighted by atomic mass is 16.5. The van der Waals surface area contributed by atoms with Crippen molar-refractivity contribution >= 4 is 0 Å². The molecule has 0 N–H and O–H groups in total. The van der Waals surface area contributed by atoms with Crippen molar-refractivity contribution in [2.75, 3.05) is 20.2 Å². The van der Waals surface area contributed by atoms with Gasteiger partial charge in [-0.2, -0.15) is 5.26 Å². The van der Waals surface area contributed by atoms with Crippen LogP contribution in [0, 0.1) is 11.3 Å². The highest BCUT2D eigenvalue weighted by Crippen LogP contribution is 2.31. The van der Waals surface area contributed by atoms with E-state index in [9.17, 15) is 5.26 Å². The third-order valence-corrected chi connectivity index (χ3v) is 4.02. The summed E-state index contributed by atoms with van der Waals surface area (Å²) < 4.78 is 5.42. The molecule has 102 valence electrons. The Hall–Kier alpha value is -1.53. The van der Waals surface area contributed by atoms with Gasteiger partial charge in [-0.05, 0) is 37.6 Å². The van der Waals surface area contributed by atoms with Gasteiger partial charge in [-0.25, -0.2) is 0 Å². The van der Waals surface area contributed by atoms with Crippen molar-refractivity contribution in [3.8, 4) is 11.8 Å². The number of piperidine rings is 1. The molecule has 0 amide bonds. The van der Waals surface area contributed by atoms with Crippen molar-refractivity contribution in [3.63, 3.8) is 0 Å². The van der Waals surface area contributed by atoms with Gasteiger partial charge in [0.2, 0.25) is 0 Å². The molecule has 0 aromatic heterocycles. The molecule has 0 saturated carbocycles. The van der Waals surface area contributed by atoms with Crippen molar-refractivity contribution in [3.05, 3.63) is 29.8 Å². The maximum atomic E-state index is 9.54. The van der Waals surface area contributed by atoms with Gasteiger partial charge in [0.25, 0.3) is 0 Å². The van der Waals surface area contributed by atoms with E-state index < -0.39 is 0 Å². The molecule has 1 aromatic rings. The Labute approximate surface area is 115 Å². The third kappa shape index (κ3) is 3.08. The van der Waals surface area contributed by atoms with Gasteiger partial charge >= 0.3 is 0 Å². The number of ether oxygens (including phenoxy) is 1. The van der Waals surface area contributed by atoms with E-state index in [1.54, 1.807) is 7.11 Å². The summed E-state index contributed by atoms with van der Waals surface area (Å²) in [5.74, 6) is 1.05. The minimum absolute atomic E-state index is 0.0587. The molecule has 1 saturated heterocycles. The molecule has 0 spiro atoms. The second kappa shape index (κ2) is 6.58. The van der Waals surface area contributed by atoms with Gasteiger partial charge in [0.1, 0.15) is 11.8 Å². The van der Waals surface area contributed by atoms with Crippen LogP contribution in [-0.4, -0.2) is 31.1 Å². The van der Waals surface area contributed by atoms with Gasteiger partial charge in [0, 0.05) is 5.92 Å². The first-order valence-electron chi connectivity index (χ1n) is 7.04. The first kappa shape index (κ1) is 13.9. The first-order valence-corrected chi connectivity index (χ1v) is 7.04. The number of benzene rings is 1. The Balaban J connectivity index is 2.20.